The second-order valence-corrected chi connectivity index (χ2v) is 6.56. The Labute approximate surface area is 107 Å². The molecule has 2 saturated carbocycles. The Kier molecular flexibility index (Phi) is 4.67. The van der Waals surface area contributed by atoms with Crippen LogP contribution >= 0.6 is 0 Å². The summed E-state index contributed by atoms with van der Waals surface area (Å²) in [7, 11) is 0. The molecule has 0 aromatic heterocycles. The van der Waals surface area contributed by atoms with Gasteiger partial charge in [0.25, 0.3) is 0 Å². The SMILES string of the molecule is C=CC(C)(CCC1CCCCC1)CNC1CC1. The fraction of sp³-hybridized carbons (Fsp3) is 0.875. The molecule has 0 heterocycles. The molecule has 2 rings (SSSR count). The molecule has 0 radical (unpaired) electrons. The topological polar surface area (TPSA) is 12.0 Å². The fourth-order valence-electron chi connectivity index (χ4n) is 2.94. The maximum Gasteiger partial charge on any atom is 0.00685 e. The molecule has 0 saturated heterocycles. The molecule has 0 aromatic carbocycles. The van der Waals surface area contributed by atoms with Crippen LogP contribution in [-0.4, -0.2) is 12.6 Å². The van der Waals surface area contributed by atoms with Gasteiger partial charge in [-0.15, -0.1) is 6.58 Å². The molecule has 2 aliphatic rings. The summed E-state index contributed by atoms with van der Waals surface area (Å²) in [6.07, 6.45) is 15.0. The van der Waals surface area contributed by atoms with Crippen LogP contribution in [0.25, 0.3) is 0 Å². The minimum Gasteiger partial charge on any atom is -0.313 e. The smallest absolute Gasteiger partial charge is 0.00685 e. The predicted molar refractivity (Wildman–Crippen MR) is 75.1 cm³/mol. The van der Waals surface area contributed by atoms with E-state index >= 15 is 0 Å². The monoisotopic (exact) mass is 235 g/mol. The van der Waals surface area contributed by atoms with Crippen LogP contribution in [0, 0.1) is 11.3 Å². The molecule has 98 valence electrons. The Morgan fingerprint density at radius 1 is 1.18 bits per heavy atom. The van der Waals surface area contributed by atoms with Crippen molar-refractivity contribution in [2.24, 2.45) is 11.3 Å². The summed E-state index contributed by atoms with van der Waals surface area (Å²) in [5.41, 5.74) is 0.319. The van der Waals surface area contributed by atoms with Crippen molar-refractivity contribution in [2.75, 3.05) is 6.54 Å². The molecule has 1 N–H and O–H groups in total. The first-order valence-corrected chi connectivity index (χ1v) is 7.59. The molecule has 0 aromatic rings. The van der Waals surface area contributed by atoms with Crippen LogP contribution in [0.1, 0.15) is 64.7 Å². The van der Waals surface area contributed by atoms with Gasteiger partial charge in [-0.25, -0.2) is 0 Å². The zero-order valence-electron chi connectivity index (χ0n) is 11.5. The lowest BCUT2D eigenvalue weighted by Gasteiger charge is -2.30. The summed E-state index contributed by atoms with van der Waals surface area (Å²) in [6, 6.07) is 0.823. The summed E-state index contributed by atoms with van der Waals surface area (Å²) in [5, 5.41) is 3.66. The number of hydrogen-bond donors (Lipinski definition) is 1. The zero-order valence-corrected chi connectivity index (χ0v) is 11.5. The van der Waals surface area contributed by atoms with Gasteiger partial charge in [-0.2, -0.15) is 0 Å². The number of nitrogens with one attached hydrogen (secondary N) is 1. The molecule has 0 spiro atoms. The van der Waals surface area contributed by atoms with Gasteiger partial charge in [-0.05, 0) is 37.0 Å². The van der Waals surface area contributed by atoms with Gasteiger partial charge < -0.3 is 5.32 Å². The molecule has 1 unspecified atom stereocenters. The Bertz CT molecular complexity index is 238. The van der Waals surface area contributed by atoms with E-state index in [1.165, 1.54) is 57.8 Å². The fourth-order valence-corrected chi connectivity index (χ4v) is 2.94. The van der Waals surface area contributed by atoms with Gasteiger partial charge in [-0.1, -0.05) is 45.1 Å². The van der Waals surface area contributed by atoms with Gasteiger partial charge in [0.15, 0.2) is 0 Å². The van der Waals surface area contributed by atoms with Gasteiger partial charge in [0.1, 0.15) is 0 Å². The van der Waals surface area contributed by atoms with Gasteiger partial charge in [-0.3, -0.25) is 0 Å². The maximum atomic E-state index is 4.05. The average molecular weight is 235 g/mol. The van der Waals surface area contributed by atoms with E-state index in [0.29, 0.717) is 5.41 Å². The molecule has 0 aliphatic heterocycles. The van der Waals surface area contributed by atoms with Gasteiger partial charge >= 0.3 is 0 Å². The minimum absolute atomic E-state index is 0.319. The van der Waals surface area contributed by atoms with Crippen LogP contribution in [0.2, 0.25) is 0 Å². The Morgan fingerprint density at radius 2 is 1.88 bits per heavy atom. The molecule has 0 bridgehead atoms. The van der Waals surface area contributed by atoms with Crippen molar-refractivity contribution in [2.45, 2.75) is 70.8 Å². The first-order valence-electron chi connectivity index (χ1n) is 7.59. The van der Waals surface area contributed by atoms with E-state index in [-0.39, 0.29) is 0 Å². The Hall–Kier alpha value is -0.300. The van der Waals surface area contributed by atoms with Crippen molar-refractivity contribution < 1.29 is 0 Å². The van der Waals surface area contributed by atoms with E-state index in [1.807, 2.05) is 0 Å². The predicted octanol–water partition coefficient (Wildman–Crippen LogP) is 4.29. The third-order valence-electron chi connectivity index (χ3n) is 4.71. The highest BCUT2D eigenvalue weighted by Gasteiger charge is 2.27. The maximum absolute atomic E-state index is 4.05. The van der Waals surface area contributed by atoms with Crippen LogP contribution in [0.15, 0.2) is 12.7 Å². The highest BCUT2D eigenvalue weighted by Crippen LogP contribution is 2.33. The van der Waals surface area contributed by atoms with Crippen molar-refractivity contribution >= 4 is 0 Å². The molecular weight excluding hydrogens is 206 g/mol. The van der Waals surface area contributed by atoms with Crippen LogP contribution in [0.4, 0.5) is 0 Å². The number of hydrogen-bond acceptors (Lipinski definition) is 1. The van der Waals surface area contributed by atoms with Crippen LogP contribution in [0.3, 0.4) is 0 Å². The van der Waals surface area contributed by atoms with Crippen molar-refractivity contribution in [1.82, 2.24) is 5.32 Å². The highest BCUT2D eigenvalue weighted by atomic mass is 15.0. The second-order valence-electron chi connectivity index (χ2n) is 6.56. The normalized spacial score (nSPS) is 25.5. The first-order chi connectivity index (χ1) is 8.22. The molecule has 1 heteroatoms. The minimum atomic E-state index is 0.319. The van der Waals surface area contributed by atoms with E-state index in [4.69, 9.17) is 0 Å². The van der Waals surface area contributed by atoms with Gasteiger partial charge in [0, 0.05) is 12.6 Å². The van der Waals surface area contributed by atoms with Crippen LogP contribution in [0.5, 0.6) is 0 Å². The van der Waals surface area contributed by atoms with Crippen molar-refractivity contribution in [3.63, 3.8) is 0 Å². The third-order valence-corrected chi connectivity index (χ3v) is 4.71. The summed E-state index contributed by atoms with van der Waals surface area (Å²) < 4.78 is 0. The largest absolute Gasteiger partial charge is 0.313 e. The summed E-state index contributed by atoms with van der Waals surface area (Å²) in [5.74, 6) is 1.00. The second kappa shape index (κ2) is 6.04. The highest BCUT2D eigenvalue weighted by molar-refractivity contribution is 4.95. The van der Waals surface area contributed by atoms with Crippen LogP contribution < -0.4 is 5.32 Å². The Morgan fingerprint density at radius 3 is 2.47 bits per heavy atom. The summed E-state index contributed by atoms with van der Waals surface area (Å²) >= 11 is 0. The van der Waals surface area contributed by atoms with E-state index in [9.17, 15) is 0 Å². The van der Waals surface area contributed by atoms with Crippen molar-refractivity contribution in [3.8, 4) is 0 Å². The van der Waals surface area contributed by atoms with Crippen molar-refractivity contribution in [1.29, 1.82) is 0 Å². The van der Waals surface area contributed by atoms with Crippen molar-refractivity contribution in [3.05, 3.63) is 12.7 Å². The molecule has 2 fully saturated rings. The first kappa shape index (κ1) is 13.1. The molecule has 2 aliphatic carbocycles. The van der Waals surface area contributed by atoms with E-state index in [1.54, 1.807) is 0 Å². The third kappa shape index (κ3) is 4.46. The van der Waals surface area contributed by atoms with E-state index < -0.39 is 0 Å². The average Bonchev–Trinajstić information content (AvgIpc) is 3.19. The lowest BCUT2D eigenvalue weighted by atomic mass is 9.78. The lowest BCUT2D eigenvalue weighted by Crippen LogP contribution is -2.32. The Balaban J connectivity index is 1.70. The zero-order chi connectivity index (χ0) is 12.1. The van der Waals surface area contributed by atoms with E-state index in [0.717, 1.165) is 18.5 Å². The molecule has 1 atom stereocenters. The summed E-state index contributed by atoms with van der Waals surface area (Å²) in [6.45, 7) is 7.56. The van der Waals surface area contributed by atoms with Crippen LogP contribution in [-0.2, 0) is 0 Å². The molecule has 1 nitrogen and oxygen atoms in total. The van der Waals surface area contributed by atoms with Gasteiger partial charge in [0.2, 0.25) is 0 Å². The van der Waals surface area contributed by atoms with Gasteiger partial charge in [0.05, 0.1) is 0 Å². The molecule has 17 heavy (non-hydrogen) atoms. The van der Waals surface area contributed by atoms with E-state index in [2.05, 4.69) is 24.9 Å². The summed E-state index contributed by atoms with van der Waals surface area (Å²) in [4.78, 5) is 0. The number of rotatable bonds is 7. The standard InChI is InChI=1S/C16H29N/c1-3-16(2,13-17-15-9-10-15)12-11-14-7-5-4-6-8-14/h3,14-15,17H,1,4-13H2,2H3. The lowest BCUT2D eigenvalue weighted by molar-refractivity contribution is 0.274. The molecule has 0 amide bonds. The molecular formula is C16H29N. The quantitative estimate of drug-likeness (QED) is 0.649.